The number of rotatable bonds is 7. The van der Waals surface area contributed by atoms with Crippen molar-refractivity contribution in [2.24, 2.45) is 0 Å². The summed E-state index contributed by atoms with van der Waals surface area (Å²) < 4.78 is 37.9. The van der Waals surface area contributed by atoms with Crippen LogP contribution in [0.15, 0.2) is 42.5 Å². The van der Waals surface area contributed by atoms with Gasteiger partial charge in [0.15, 0.2) is 11.6 Å². The van der Waals surface area contributed by atoms with Crippen LogP contribution in [0.3, 0.4) is 0 Å². The second-order valence-electron chi connectivity index (χ2n) is 4.42. The zero-order valence-corrected chi connectivity index (χ0v) is 11.7. The van der Waals surface area contributed by atoms with Crippen molar-refractivity contribution in [3.8, 4) is 11.5 Å². The molecule has 0 fully saturated rings. The first-order valence-corrected chi connectivity index (χ1v) is 6.62. The Kier molecular flexibility index (Phi) is 5.66. The largest absolute Gasteiger partial charge is 0.454 e. The van der Waals surface area contributed by atoms with Gasteiger partial charge in [0.25, 0.3) is 0 Å². The van der Waals surface area contributed by atoms with Crippen LogP contribution in [-0.4, -0.2) is 20.3 Å². The predicted molar refractivity (Wildman–Crippen MR) is 76.5 cm³/mol. The molecule has 0 bridgehead atoms. The Morgan fingerprint density at radius 3 is 2.43 bits per heavy atom. The zero-order valence-electron chi connectivity index (χ0n) is 11.7. The molecule has 0 amide bonds. The van der Waals surface area contributed by atoms with Gasteiger partial charge < -0.3 is 14.8 Å². The van der Waals surface area contributed by atoms with Gasteiger partial charge in [0.2, 0.25) is 0 Å². The molecule has 0 aliphatic carbocycles. The molecular weight excluding hydrogens is 276 g/mol. The number of ether oxygens (including phenoxy) is 2. The van der Waals surface area contributed by atoms with Crippen molar-refractivity contribution in [3.63, 3.8) is 0 Å². The van der Waals surface area contributed by atoms with Crippen LogP contribution in [0, 0.1) is 11.6 Å². The molecule has 0 aliphatic heterocycles. The number of nitrogens with one attached hydrogen (secondary N) is 1. The molecule has 0 atom stereocenters. The molecule has 2 rings (SSSR count). The molecule has 0 aromatic heterocycles. The van der Waals surface area contributed by atoms with Crippen LogP contribution in [-0.2, 0) is 11.3 Å². The van der Waals surface area contributed by atoms with E-state index in [4.69, 9.17) is 9.47 Å². The Hall–Kier alpha value is -1.98. The highest BCUT2D eigenvalue weighted by Crippen LogP contribution is 2.28. The Morgan fingerprint density at radius 2 is 1.67 bits per heavy atom. The summed E-state index contributed by atoms with van der Waals surface area (Å²) in [5.74, 6) is -0.514. The van der Waals surface area contributed by atoms with Crippen LogP contribution in [0.1, 0.15) is 5.56 Å². The van der Waals surface area contributed by atoms with Gasteiger partial charge in [0.05, 0.1) is 6.61 Å². The molecule has 0 saturated carbocycles. The maximum atomic E-state index is 13.9. The second kappa shape index (κ2) is 7.71. The van der Waals surface area contributed by atoms with Crippen LogP contribution < -0.4 is 10.1 Å². The van der Waals surface area contributed by atoms with Crippen molar-refractivity contribution >= 4 is 0 Å². The molecule has 0 radical (unpaired) electrons. The summed E-state index contributed by atoms with van der Waals surface area (Å²) in [6.45, 7) is 1.39. The molecular formula is C16H17F2NO2. The molecule has 0 aliphatic rings. The molecule has 1 N–H and O–H groups in total. The lowest BCUT2D eigenvalue weighted by molar-refractivity contribution is 0.199. The second-order valence-corrected chi connectivity index (χ2v) is 4.42. The minimum Gasteiger partial charge on any atom is -0.454 e. The third-order valence-electron chi connectivity index (χ3n) is 2.92. The first kappa shape index (κ1) is 15.4. The minimum atomic E-state index is -0.486. The molecule has 0 spiro atoms. The molecule has 2 aromatic carbocycles. The van der Waals surface area contributed by atoms with E-state index in [9.17, 15) is 8.78 Å². The molecule has 2 aromatic rings. The van der Waals surface area contributed by atoms with E-state index in [1.807, 2.05) is 0 Å². The first-order chi connectivity index (χ1) is 10.2. The summed E-state index contributed by atoms with van der Waals surface area (Å²) in [5, 5.41) is 3.05. The van der Waals surface area contributed by atoms with E-state index in [0.717, 1.165) is 0 Å². The molecule has 3 nitrogen and oxygen atoms in total. The number of methoxy groups -OCH3 is 1. The normalized spacial score (nSPS) is 10.6. The molecule has 0 heterocycles. The van der Waals surface area contributed by atoms with Gasteiger partial charge in [-0.1, -0.05) is 18.2 Å². The highest BCUT2D eigenvalue weighted by Gasteiger charge is 2.12. The lowest BCUT2D eigenvalue weighted by atomic mass is 10.2. The fourth-order valence-electron chi connectivity index (χ4n) is 1.84. The predicted octanol–water partition coefficient (Wildman–Crippen LogP) is 3.49. The summed E-state index contributed by atoms with van der Waals surface area (Å²) in [4.78, 5) is 0. The lowest BCUT2D eigenvalue weighted by Crippen LogP contribution is -2.19. The lowest BCUT2D eigenvalue weighted by Gasteiger charge is -2.13. The Bertz CT molecular complexity index is 590. The SMILES string of the molecule is COCCNCc1c(F)cccc1Oc1ccccc1F. The van der Waals surface area contributed by atoms with E-state index in [-0.39, 0.29) is 12.3 Å². The Labute approximate surface area is 122 Å². The highest BCUT2D eigenvalue weighted by molar-refractivity contribution is 5.39. The van der Waals surface area contributed by atoms with Gasteiger partial charge in [0, 0.05) is 25.8 Å². The topological polar surface area (TPSA) is 30.5 Å². The summed E-state index contributed by atoms with van der Waals surface area (Å²) in [7, 11) is 1.59. The minimum absolute atomic E-state index is 0.0706. The van der Waals surface area contributed by atoms with Gasteiger partial charge in [-0.05, 0) is 24.3 Å². The molecule has 112 valence electrons. The summed E-state index contributed by atoms with van der Waals surface area (Å²) in [6.07, 6.45) is 0. The Morgan fingerprint density at radius 1 is 0.952 bits per heavy atom. The van der Waals surface area contributed by atoms with Gasteiger partial charge in [-0.2, -0.15) is 0 Å². The fourth-order valence-corrected chi connectivity index (χ4v) is 1.84. The number of halogens is 2. The third-order valence-corrected chi connectivity index (χ3v) is 2.92. The fraction of sp³-hybridized carbons (Fsp3) is 0.250. The average Bonchev–Trinajstić information content (AvgIpc) is 2.48. The Balaban J connectivity index is 2.15. The van der Waals surface area contributed by atoms with E-state index in [1.54, 1.807) is 25.3 Å². The maximum Gasteiger partial charge on any atom is 0.165 e. The van der Waals surface area contributed by atoms with E-state index in [2.05, 4.69) is 5.32 Å². The number of benzene rings is 2. The number of para-hydroxylation sites is 1. The molecule has 0 saturated heterocycles. The average molecular weight is 293 g/mol. The van der Waals surface area contributed by atoms with Crippen LogP contribution >= 0.6 is 0 Å². The van der Waals surface area contributed by atoms with Gasteiger partial charge in [-0.3, -0.25) is 0 Å². The quantitative estimate of drug-likeness (QED) is 0.793. The van der Waals surface area contributed by atoms with Crippen molar-refractivity contribution < 1.29 is 18.3 Å². The summed E-state index contributed by atoms with van der Waals surface area (Å²) in [6, 6.07) is 10.5. The summed E-state index contributed by atoms with van der Waals surface area (Å²) >= 11 is 0. The number of hydrogen-bond acceptors (Lipinski definition) is 3. The van der Waals surface area contributed by atoms with Gasteiger partial charge in [-0.25, -0.2) is 8.78 Å². The van der Waals surface area contributed by atoms with Gasteiger partial charge >= 0.3 is 0 Å². The smallest absolute Gasteiger partial charge is 0.165 e. The van der Waals surface area contributed by atoms with Gasteiger partial charge in [0.1, 0.15) is 11.6 Å². The monoisotopic (exact) mass is 293 g/mol. The molecule has 5 heteroatoms. The standard InChI is InChI=1S/C16H17F2NO2/c1-20-10-9-19-11-12-13(17)6-4-8-15(12)21-16-7-3-2-5-14(16)18/h2-8,19H,9-11H2,1H3. The maximum absolute atomic E-state index is 13.9. The van der Waals surface area contributed by atoms with Crippen molar-refractivity contribution in [1.29, 1.82) is 0 Å². The van der Waals surface area contributed by atoms with Crippen molar-refractivity contribution in [1.82, 2.24) is 5.32 Å². The number of hydrogen-bond donors (Lipinski definition) is 1. The highest BCUT2D eigenvalue weighted by atomic mass is 19.1. The summed E-state index contributed by atoms with van der Waals surface area (Å²) in [5.41, 5.74) is 0.358. The van der Waals surface area contributed by atoms with Crippen LogP contribution in [0.2, 0.25) is 0 Å². The van der Waals surface area contributed by atoms with Crippen LogP contribution in [0.5, 0.6) is 11.5 Å². The third kappa shape index (κ3) is 4.24. The van der Waals surface area contributed by atoms with Crippen LogP contribution in [0.4, 0.5) is 8.78 Å². The van der Waals surface area contributed by atoms with E-state index >= 15 is 0 Å². The van der Waals surface area contributed by atoms with Crippen LogP contribution in [0.25, 0.3) is 0 Å². The molecule has 0 unspecified atom stereocenters. The van der Waals surface area contributed by atoms with E-state index in [0.29, 0.717) is 24.5 Å². The van der Waals surface area contributed by atoms with Crippen molar-refractivity contribution in [2.75, 3.05) is 20.3 Å². The zero-order chi connectivity index (χ0) is 15.1. The van der Waals surface area contributed by atoms with E-state index in [1.165, 1.54) is 24.3 Å². The molecule has 21 heavy (non-hydrogen) atoms. The van der Waals surface area contributed by atoms with Crippen molar-refractivity contribution in [2.45, 2.75) is 6.54 Å². The van der Waals surface area contributed by atoms with E-state index < -0.39 is 11.6 Å². The van der Waals surface area contributed by atoms with Gasteiger partial charge in [-0.15, -0.1) is 0 Å². The first-order valence-electron chi connectivity index (χ1n) is 6.62. The van der Waals surface area contributed by atoms with Crippen molar-refractivity contribution in [3.05, 3.63) is 59.7 Å².